The van der Waals surface area contributed by atoms with E-state index in [-0.39, 0.29) is 35.7 Å². The van der Waals surface area contributed by atoms with Crippen molar-refractivity contribution in [2.24, 2.45) is 0 Å². The molecule has 39 heavy (non-hydrogen) atoms. The minimum atomic E-state index is 0. The second kappa shape index (κ2) is 16.7. The number of unbranched alkanes of at least 4 members (excludes halogenated alkanes) is 1. The smallest absolute Gasteiger partial charge is 0.0132 e. The van der Waals surface area contributed by atoms with Gasteiger partial charge in [0.1, 0.15) is 0 Å². The van der Waals surface area contributed by atoms with Crippen LogP contribution in [0.1, 0.15) is 57.2 Å². The van der Waals surface area contributed by atoms with Crippen molar-refractivity contribution in [3.63, 3.8) is 0 Å². The topological polar surface area (TPSA) is 0 Å². The van der Waals surface area contributed by atoms with Gasteiger partial charge in [-0.2, -0.15) is 11.6 Å². The fourth-order valence-corrected chi connectivity index (χ4v) is 4.59. The number of hydrogen-bond acceptors (Lipinski definition) is 0. The van der Waals surface area contributed by atoms with Gasteiger partial charge in [0.2, 0.25) is 0 Å². The Morgan fingerprint density at radius 1 is 0.821 bits per heavy atom. The predicted molar refractivity (Wildman–Crippen MR) is 164 cm³/mol. The van der Waals surface area contributed by atoms with Gasteiger partial charge in [0.05, 0.1) is 0 Å². The number of aryl methyl sites for hydroxylation is 2. The molecule has 5 rings (SSSR count). The van der Waals surface area contributed by atoms with E-state index in [9.17, 15) is 0 Å². The number of rotatable bonds is 4. The Hall–Kier alpha value is -1.44. The first-order valence-corrected chi connectivity index (χ1v) is 19.7. The summed E-state index contributed by atoms with van der Waals surface area (Å²) in [5.41, 5.74) is 7.28. The summed E-state index contributed by atoms with van der Waals surface area (Å²) in [6, 6.07) is 33.2. The summed E-state index contributed by atoms with van der Waals surface area (Å²) in [5.74, 6) is 0. The average molecular weight is 653 g/mol. The maximum absolute atomic E-state index is 2.31. The van der Waals surface area contributed by atoms with Crippen LogP contribution in [0.15, 0.2) is 91.0 Å². The number of hydrogen-bond donors (Lipinski definition) is 0. The summed E-state index contributed by atoms with van der Waals surface area (Å²) in [6.45, 7) is 15.8. The Labute approximate surface area is 264 Å². The van der Waals surface area contributed by atoms with Crippen molar-refractivity contribution in [3.05, 3.63) is 108 Å². The zero-order valence-electron chi connectivity index (χ0n) is 24.5. The van der Waals surface area contributed by atoms with Gasteiger partial charge in [0, 0.05) is 0 Å². The summed E-state index contributed by atoms with van der Waals surface area (Å²) in [7, 11) is 0. The minimum Gasteiger partial charge on any atom is -1.00 e. The van der Waals surface area contributed by atoms with Crippen molar-refractivity contribution in [1.29, 1.82) is 0 Å². The van der Waals surface area contributed by atoms with E-state index in [1.165, 1.54) is 68.6 Å². The molecule has 0 heterocycles. The van der Waals surface area contributed by atoms with Gasteiger partial charge >= 0.3 is 41.9 Å². The van der Waals surface area contributed by atoms with Crippen molar-refractivity contribution >= 4 is 27.0 Å². The molecule has 0 unspecified atom stereocenters. The molecule has 0 aliphatic carbocycles. The van der Waals surface area contributed by atoms with E-state index in [0.29, 0.717) is 0 Å². The monoisotopic (exact) mass is 650 g/mol. The molecule has 0 spiro atoms. The summed E-state index contributed by atoms with van der Waals surface area (Å²) in [6.07, 6.45) is 3.80. The van der Waals surface area contributed by atoms with Gasteiger partial charge in [-0.15, -0.1) is 75.6 Å². The van der Waals surface area contributed by atoms with E-state index < -0.39 is 0 Å². The summed E-state index contributed by atoms with van der Waals surface area (Å²) >= 11 is 1.74. The maximum atomic E-state index is 2.31. The molecule has 0 radical (unpaired) electrons. The zero-order valence-corrected chi connectivity index (χ0v) is 29.5. The largest absolute Gasteiger partial charge is 1.00 e. The number of fused-ring (bicyclic) bond motifs is 2. The van der Waals surface area contributed by atoms with Crippen LogP contribution in [-0.2, 0) is 35.2 Å². The Kier molecular flexibility index (Phi) is 15.3. The Morgan fingerprint density at radius 2 is 1.44 bits per heavy atom. The first-order chi connectivity index (χ1) is 17.6. The van der Waals surface area contributed by atoms with Gasteiger partial charge in [0.25, 0.3) is 0 Å². The molecule has 4 heteroatoms. The summed E-state index contributed by atoms with van der Waals surface area (Å²) < 4.78 is 0. The standard InChI is InChI=1S/C20H21.C13H15.C2H6Si.2ClH.Zr/c1-14-12-16-6-5-7-18(19(16)13-14)15-8-10-17(11-9-15)20(2,3)4;1-2-3-6-11-9-10-12-7-4-5-8-13(11)12;1-3-2;;;/h5-13H,1-4H3;4-5,7-10H,2-3,6H2,1H3;1-2H3;2*1H;/q2*-1;;;;+2/p-2. The zero-order chi connectivity index (χ0) is 27.0. The van der Waals surface area contributed by atoms with Crippen LogP contribution in [0, 0.1) is 6.92 Å². The third-order valence-electron chi connectivity index (χ3n) is 6.53. The van der Waals surface area contributed by atoms with Crippen LogP contribution in [0.2, 0.25) is 13.1 Å². The molecule has 0 fully saturated rings. The normalized spacial score (nSPS) is 10.5. The Balaban J connectivity index is 0.000000348. The van der Waals surface area contributed by atoms with Gasteiger partial charge in [-0.25, -0.2) is 0 Å². The van der Waals surface area contributed by atoms with E-state index in [1.54, 1.807) is 23.3 Å². The van der Waals surface area contributed by atoms with E-state index in [4.69, 9.17) is 0 Å². The van der Waals surface area contributed by atoms with Crippen LogP contribution in [-0.4, -0.2) is 5.43 Å². The molecule has 5 aromatic carbocycles. The maximum Gasteiger partial charge on any atom is -0.0132 e. The van der Waals surface area contributed by atoms with Gasteiger partial charge in [-0.1, -0.05) is 95.8 Å². The van der Waals surface area contributed by atoms with Crippen LogP contribution >= 0.6 is 0 Å². The van der Waals surface area contributed by atoms with E-state index in [1.807, 2.05) is 0 Å². The van der Waals surface area contributed by atoms with Crippen molar-refractivity contribution in [1.82, 2.24) is 0 Å². The molecule has 0 bridgehead atoms. The van der Waals surface area contributed by atoms with Crippen molar-refractivity contribution in [2.75, 3.05) is 0 Å². The molecule has 0 N–H and O–H groups in total. The molecule has 5 aromatic rings. The minimum absolute atomic E-state index is 0. The average Bonchev–Trinajstić information content (AvgIpc) is 3.44. The molecule has 0 saturated heterocycles. The van der Waals surface area contributed by atoms with Crippen LogP contribution in [0.5, 0.6) is 0 Å². The third-order valence-corrected chi connectivity index (χ3v) is 6.53. The fraction of sp³-hybridized carbons (Fsp3) is 0.314. The summed E-state index contributed by atoms with van der Waals surface area (Å²) in [5, 5.41) is 5.51. The number of benzene rings is 3. The van der Waals surface area contributed by atoms with Crippen LogP contribution in [0.4, 0.5) is 0 Å². The van der Waals surface area contributed by atoms with Gasteiger partial charge in [0.15, 0.2) is 0 Å². The van der Waals surface area contributed by atoms with Gasteiger partial charge in [-0.05, 0) is 16.5 Å². The third kappa shape index (κ3) is 10.5. The molecule has 0 atom stereocenters. The first kappa shape index (κ1) is 35.6. The van der Waals surface area contributed by atoms with E-state index in [0.717, 1.165) is 0 Å². The van der Waals surface area contributed by atoms with Crippen LogP contribution in [0.25, 0.3) is 32.7 Å². The van der Waals surface area contributed by atoms with Gasteiger partial charge < -0.3 is 24.8 Å². The van der Waals surface area contributed by atoms with Crippen LogP contribution < -0.4 is 24.8 Å². The fourth-order valence-electron chi connectivity index (χ4n) is 4.59. The summed E-state index contributed by atoms with van der Waals surface area (Å²) in [4.78, 5) is 0. The molecular weight excluding hydrogens is 611 g/mol. The van der Waals surface area contributed by atoms with Gasteiger partial charge in [-0.3, -0.25) is 0 Å². The molecule has 0 saturated carbocycles. The molecule has 0 amide bonds. The SMILES string of the molecule is CCCCc1c[cH-]c2ccccc12.C[Si](C)=[Zr+2].Cc1cc2c(-c3ccc(C(C)(C)C)cc3)cccc2[cH-]1.[Cl-].[Cl-]. The molecular formula is C35H42Cl2SiZr-2. The van der Waals surface area contributed by atoms with Crippen LogP contribution in [0.3, 0.4) is 0 Å². The number of halogens is 2. The second-order valence-corrected chi connectivity index (χ2v) is 20.6. The molecule has 0 aliphatic rings. The van der Waals surface area contributed by atoms with Crippen molar-refractivity contribution < 1.29 is 48.1 Å². The Morgan fingerprint density at radius 3 is 2.05 bits per heavy atom. The molecule has 0 aromatic heterocycles. The molecule has 206 valence electrons. The quantitative estimate of drug-likeness (QED) is 0.198. The first-order valence-electron chi connectivity index (χ1n) is 13.5. The predicted octanol–water partition coefficient (Wildman–Crippen LogP) is 4.53. The Bertz CT molecular complexity index is 1430. The second-order valence-electron chi connectivity index (χ2n) is 11.2. The molecule has 0 nitrogen and oxygen atoms in total. The van der Waals surface area contributed by atoms with Crippen molar-refractivity contribution in [2.45, 2.75) is 72.4 Å². The van der Waals surface area contributed by atoms with E-state index in [2.05, 4.69) is 139 Å². The van der Waals surface area contributed by atoms with Crippen molar-refractivity contribution in [3.8, 4) is 11.1 Å². The van der Waals surface area contributed by atoms with E-state index >= 15 is 0 Å². The molecule has 0 aliphatic heterocycles.